The molecular weight excluding hydrogens is 220 g/mol. The van der Waals surface area contributed by atoms with Gasteiger partial charge >= 0.3 is 0 Å². The summed E-state index contributed by atoms with van der Waals surface area (Å²) in [5, 5.41) is 18.6. The van der Waals surface area contributed by atoms with E-state index in [-0.39, 0.29) is 0 Å². The number of rotatable bonds is 2. The van der Waals surface area contributed by atoms with Crippen LogP contribution in [0.1, 0.15) is 22.1 Å². The summed E-state index contributed by atoms with van der Waals surface area (Å²) in [5.74, 6) is 0. The van der Waals surface area contributed by atoms with Crippen molar-refractivity contribution < 1.29 is 0 Å². The van der Waals surface area contributed by atoms with Crippen molar-refractivity contribution >= 4 is 23.0 Å². The number of hydrogen-bond acceptors (Lipinski definition) is 4. The number of aromatic amines is 1. The van der Waals surface area contributed by atoms with E-state index in [0.29, 0.717) is 5.57 Å². The van der Waals surface area contributed by atoms with E-state index in [1.54, 1.807) is 6.08 Å². The number of hydrogen-bond donors (Lipinski definition) is 1. The zero-order chi connectivity index (χ0) is 11.5. The Balaban J connectivity index is 2.37. The lowest BCUT2D eigenvalue weighted by Crippen LogP contribution is -1.81. The highest BCUT2D eigenvalue weighted by Crippen LogP contribution is 2.20. The van der Waals surface area contributed by atoms with E-state index in [0.717, 1.165) is 22.1 Å². The van der Waals surface area contributed by atoms with Gasteiger partial charge in [0.05, 0.1) is 11.3 Å². The molecule has 5 heteroatoms. The van der Waals surface area contributed by atoms with Gasteiger partial charge in [0.15, 0.2) is 0 Å². The van der Waals surface area contributed by atoms with Gasteiger partial charge in [-0.1, -0.05) is 0 Å². The first-order chi connectivity index (χ1) is 7.69. The molecule has 1 N–H and O–H groups in total. The van der Waals surface area contributed by atoms with Crippen molar-refractivity contribution in [3.8, 4) is 6.07 Å². The molecule has 2 aromatic rings. The number of aryl methyl sites for hydroxylation is 2. The van der Waals surface area contributed by atoms with Gasteiger partial charge in [0.2, 0.25) is 0 Å². The van der Waals surface area contributed by atoms with E-state index < -0.39 is 0 Å². The van der Waals surface area contributed by atoms with E-state index in [9.17, 15) is 0 Å². The average molecular weight is 230 g/mol. The average Bonchev–Trinajstić information content (AvgIpc) is 2.84. The van der Waals surface area contributed by atoms with Crippen LogP contribution in [0.5, 0.6) is 0 Å². The lowest BCUT2D eigenvalue weighted by atomic mass is 10.2. The van der Waals surface area contributed by atoms with Gasteiger partial charge in [0.25, 0.3) is 0 Å². The van der Waals surface area contributed by atoms with Gasteiger partial charge in [-0.25, -0.2) is 4.98 Å². The first-order valence-electron chi connectivity index (χ1n) is 4.75. The number of thiazole rings is 1. The molecule has 2 rings (SSSR count). The van der Waals surface area contributed by atoms with Crippen LogP contribution in [0.3, 0.4) is 0 Å². The zero-order valence-electron chi connectivity index (χ0n) is 8.98. The summed E-state index contributed by atoms with van der Waals surface area (Å²) in [6, 6.07) is 4.03. The standard InChI is InChI=1S/C11H10N4S/c1-7-3-10(15-14-7)4-9(5-12)11-13-8(2)6-16-11/h3-4,6H,1-2H3,(H,14,15)/b9-4+. The number of nitrogens with one attached hydrogen (secondary N) is 1. The Morgan fingerprint density at radius 1 is 1.56 bits per heavy atom. The second-order valence-electron chi connectivity index (χ2n) is 3.44. The second-order valence-corrected chi connectivity index (χ2v) is 4.30. The normalized spacial score (nSPS) is 11.4. The van der Waals surface area contributed by atoms with Gasteiger partial charge < -0.3 is 0 Å². The highest BCUT2D eigenvalue weighted by Gasteiger charge is 2.06. The topological polar surface area (TPSA) is 65.4 Å². The highest BCUT2D eigenvalue weighted by molar-refractivity contribution is 7.11. The van der Waals surface area contributed by atoms with E-state index in [4.69, 9.17) is 5.26 Å². The Hall–Kier alpha value is -1.93. The number of nitrogens with zero attached hydrogens (tertiary/aromatic N) is 3. The Morgan fingerprint density at radius 3 is 2.88 bits per heavy atom. The fraction of sp³-hybridized carbons (Fsp3) is 0.182. The summed E-state index contributed by atoms with van der Waals surface area (Å²) in [5.41, 5.74) is 3.20. The predicted molar refractivity (Wildman–Crippen MR) is 63.7 cm³/mol. The lowest BCUT2D eigenvalue weighted by Gasteiger charge is -1.90. The molecular formula is C11H10N4S. The molecule has 0 spiro atoms. The quantitative estimate of drug-likeness (QED) is 0.806. The molecule has 0 radical (unpaired) electrons. The fourth-order valence-electron chi connectivity index (χ4n) is 1.28. The molecule has 0 atom stereocenters. The van der Waals surface area contributed by atoms with Gasteiger partial charge in [0, 0.05) is 16.8 Å². The maximum absolute atomic E-state index is 9.07. The minimum Gasteiger partial charge on any atom is -0.282 e. The van der Waals surface area contributed by atoms with E-state index in [2.05, 4.69) is 21.3 Å². The van der Waals surface area contributed by atoms with E-state index in [1.807, 2.05) is 25.3 Å². The van der Waals surface area contributed by atoms with Crippen molar-refractivity contribution in [2.75, 3.05) is 0 Å². The van der Waals surface area contributed by atoms with Crippen LogP contribution < -0.4 is 0 Å². The maximum atomic E-state index is 9.07. The molecule has 80 valence electrons. The highest BCUT2D eigenvalue weighted by atomic mass is 32.1. The zero-order valence-corrected chi connectivity index (χ0v) is 9.80. The van der Waals surface area contributed by atoms with Gasteiger partial charge in [-0.3, -0.25) is 5.10 Å². The van der Waals surface area contributed by atoms with Gasteiger partial charge in [0.1, 0.15) is 11.1 Å². The summed E-state index contributed by atoms with van der Waals surface area (Å²) in [6.07, 6.45) is 1.74. The van der Waals surface area contributed by atoms with Crippen LogP contribution >= 0.6 is 11.3 Å². The van der Waals surface area contributed by atoms with E-state index in [1.165, 1.54) is 11.3 Å². The molecule has 0 saturated carbocycles. The first-order valence-corrected chi connectivity index (χ1v) is 5.63. The van der Waals surface area contributed by atoms with E-state index >= 15 is 0 Å². The van der Waals surface area contributed by atoms with Crippen molar-refractivity contribution in [2.24, 2.45) is 0 Å². The van der Waals surface area contributed by atoms with Crippen LogP contribution in [0, 0.1) is 25.2 Å². The van der Waals surface area contributed by atoms with Crippen molar-refractivity contribution in [1.29, 1.82) is 5.26 Å². The minimum absolute atomic E-state index is 0.546. The largest absolute Gasteiger partial charge is 0.282 e. The molecule has 0 aromatic carbocycles. The Bertz CT molecular complexity index is 571. The second kappa shape index (κ2) is 4.29. The third kappa shape index (κ3) is 2.18. The number of H-pyrrole nitrogens is 1. The molecule has 0 unspecified atom stereocenters. The Morgan fingerprint density at radius 2 is 2.38 bits per heavy atom. The fourth-order valence-corrected chi connectivity index (χ4v) is 2.04. The van der Waals surface area contributed by atoms with Gasteiger partial charge in [-0.05, 0) is 26.0 Å². The molecule has 2 heterocycles. The van der Waals surface area contributed by atoms with Crippen LogP contribution in [0.2, 0.25) is 0 Å². The van der Waals surface area contributed by atoms with Crippen molar-refractivity contribution in [1.82, 2.24) is 15.2 Å². The van der Waals surface area contributed by atoms with Gasteiger partial charge in [-0.2, -0.15) is 10.4 Å². The molecule has 0 aliphatic rings. The molecule has 0 bridgehead atoms. The third-order valence-electron chi connectivity index (χ3n) is 1.99. The molecule has 0 saturated heterocycles. The van der Waals surface area contributed by atoms with Crippen LogP contribution in [0.4, 0.5) is 0 Å². The number of nitriles is 1. The molecule has 4 nitrogen and oxygen atoms in total. The molecule has 16 heavy (non-hydrogen) atoms. The predicted octanol–water partition coefficient (Wildman–Crippen LogP) is 2.55. The summed E-state index contributed by atoms with van der Waals surface area (Å²) in [4.78, 5) is 4.27. The summed E-state index contributed by atoms with van der Waals surface area (Å²) >= 11 is 1.47. The SMILES string of the molecule is Cc1csc(/C(C#N)=C/c2cc(C)[nH]n2)n1. The molecule has 0 fully saturated rings. The third-order valence-corrected chi connectivity index (χ3v) is 2.98. The maximum Gasteiger partial charge on any atom is 0.134 e. The van der Waals surface area contributed by atoms with Crippen LogP contribution in [-0.4, -0.2) is 15.2 Å². The summed E-state index contributed by atoms with van der Waals surface area (Å²) in [7, 11) is 0. The molecule has 0 aliphatic heterocycles. The van der Waals surface area contributed by atoms with Crippen molar-refractivity contribution in [3.05, 3.63) is 33.5 Å². The first kappa shape index (κ1) is 10.6. The van der Waals surface area contributed by atoms with Crippen LogP contribution in [-0.2, 0) is 0 Å². The lowest BCUT2D eigenvalue weighted by molar-refractivity contribution is 1.04. The number of allylic oxidation sites excluding steroid dienone is 1. The summed E-state index contributed by atoms with van der Waals surface area (Å²) in [6.45, 7) is 3.83. The van der Waals surface area contributed by atoms with Crippen LogP contribution in [0.25, 0.3) is 11.6 Å². The molecule has 0 amide bonds. The number of aromatic nitrogens is 3. The monoisotopic (exact) mass is 230 g/mol. The van der Waals surface area contributed by atoms with Gasteiger partial charge in [-0.15, -0.1) is 11.3 Å². The van der Waals surface area contributed by atoms with Crippen molar-refractivity contribution in [2.45, 2.75) is 13.8 Å². The molecule has 2 aromatic heterocycles. The smallest absolute Gasteiger partial charge is 0.134 e. The van der Waals surface area contributed by atoms with Crippen molar-refractivity contribution in [3.63, 3.8) is 0 Å². The minimum atomic E-state index is 0.546. The van der Waals surface area contributed by atoms with Crippen LogP contribution in [0.15, 0.2) is 11.4 Å². The Kier molecular flexibility index (Phi) is 2.84. The molecule has 0 aliphatic carbocycles. The Labute approximate surface area is 97.3 Å². The summed E-state index contributed by atoms with van der Waals surface area (Å²) < 4.78 is 0.